The van der Waals surface area contributed by atoms with Gasteiger partial charge in [0.1, 0.15) is 22.7 Å². The molecule has 2 aromatic heterocycles. The van der Waals surface area contributed by atoms with Crippen molar-refractivity contribution in [3.05, 3.63) is 59.3 Å². The number of aromatic amines is 1. The first-order chi connectivity index (χ1) is 12.5. The lowest BCUT2D eigenvalue weighted by atomic mass is 10.1. The molecule has 0 aliphatic heterocycles. The lowest BCUT2D eigenvalue weighted by molar-refractivity contribution is 0.0955. The van der Waals surface area contributed by atoms with Gasteiger partial charge < -0.3 is 10.3 Å². The summed E-state index contributed by atoms with van der Waals surface area (Å²) in [6.07, 6.45) is 2.04. The molecule has 0 aliphatic carbocycles. The second-order valence-corrected chi connectivity index (χ2v) is 6.02. The van der Waals surface area contributed by atoms with Crippen molar-refractivity contribution in [2.24, 2.45) is 7.05 Å². The van der Waals surface area contributed by atoms with Crippen LogP contribution in [0.25, 0.3) is 21.9 Å². The zero-order chi connectivity index (χ0) is 18.3. The van der Waals surface area contributed by atoms with E-state index in [1.165, 1.54) is 6.07 Å². The molecule has 6 nitrogen and oxygen atoms in total. The van der Waals surface area contributed by atoms with Crippen molar-refractivity contribution in [3.63, 3.8) is 0 Å². The lowest BCUT2D eigenvalue weighted by Gasteiger charge is -2.07. The summed E-state index contributed by atoms with van der Waals surface area (Å²) in [7, 11) is 1.72. The number of benzene rings is 2. The highest BCUT2D eigenvalue weighted by molar-refractivity contribution is 6.04. The third-order valence-corrected chi connectivity index (χ3v) is 4.33. The van der Waals surface area contributed by atoms with Crippen molar-refractivity contribution in [1.82, 2.24) is 25.3 Å². The van der Waals surface area contributed by atoms with Crippen LogP contribution in [0.4, 0.5) is 8.78 Å². The number of fused-ring (bicyclic) bond motifs is 2. The minimum Gasteiger partial charge on any atom is -0.361 e. The third kappa shape index (κ3) is 2.69. The van der Waals surface area contributed by atoms with Crippen LogP contribution < -0.4 is 5.32 Å². The van der Waals surface area contributed by atoms with Crippen molar-refractivity contribution < 1.29 is 13.6 Å². The number of carbonyl (C=O) groups is 1. The molecule has 2 N–H and O–H groups in total. The van der Waals surface area contributed by atoms with Gasteiger partial charge in [0.25, 0.3) is 5.91 Å². The molecule has 4 aromatic rings. The summed E-state index contributed by atoms with van der Waals surface area (Å²) < 4.78 is 28.8. The van der Waals surface area contributed by atoms with E-state index in [2.05, 4.69) is 20.6 Å². The first kappa shape index (κ1) is 16.2. The fourth-order valence-electron chi connectivity index (χ4n) is 3.15. The number of aryl methyl sites for hydroxylation is 1. The number of nitrogens with one attached hydrogen (secondary N) is 2. The molecule has 0 fully saturated rings. The smallest absolute Gasteiger partial charge is 0.253 e. The Morgan fingerprint density at radius 3 is 3.00 bits per heavy atom. The maximum atomic E-state index is 14.0. The Morgan fingerprint density at radius 2 is 2.15 bits per heavy atom. The molecule has 0 atom stereocenters. The maximum absolute atomic E-state index is 14.0. The van der Waals surface area contributed by atoms with E-state index in [-0.39, 0.29) is 5.91 Å². The molecule has 0 saturated carbocycles. The first-order valence-electron chi connectivity index (χ1n) is 8.06. The van der Waals surface area contributed by atoms with Gasteiger partial charge in [-0.2, -0.15) is 0 Å². The summed E-state index contributed by atoms with van der Waals surface area (Å²) >= 11 is 0. The number of hydrogen-bond donors (Lipinski definition) is 2. The molecule has 8 heteroatoms. The molecule has 26 heavy (non-hydrogen) atoms. The van der Waals surface area contributed by atoms with Crippen LogP contribution in [0.15, 0.2) is 36.5 Å². The highest BCUT2D eigenvalue weighted by Gasteiger charge is 2.15. The van der Waals surface area contributed by atoms with Gasteiger partial charge in [0.15, 0.2) is 0 Å². The molecule has 0 spiro atoms. The van der Waals surface area contributed by atoms with Gasteiger partial charge in [0, 0.05) is 31.2 Å². The van der Waals surface area contributed by atoms with E-state index in [1.807, 2.05) is 0 Å². The number of rotatable bonds is 4. The number of hydrogen-bond acceptors (Lipinski definition) is 3. The molecule has 0 radical (unpaired) electrons. The van der Waals surface area contributed by atoms with Gasteiger partial charge in [-0.25, -0.2) is 13.5 Å². The van der Waals surface area contributed by atoms with E-state index in [0.29, 0.717) is 46.0 Å². The number of H-pyrrole nitrogens is 1. The van der Waals surface area contributed by atoms with E-state index in [1.54, 1.807) is 36.1 Å². The van der Waals surface area contributed by atoms with Gasteiger partial charge in [0.2, 0.25) is 0 Å². The highest BCUT2D eigenvalue weighted by Crippen LogP contribution is 2.23. The van der Waals surface area contributed by atoms with E-state index < -0.39 is 11.6 Å². The van der Waals surface area contributed by atoms with E-state index in [4.69, 9.17) is 0 Å². The van der Waals surface area contributed by atoms with Crippen molar-refractivity contribution >= 4 is 27.8 Å². The number of halogens is 2. The van der Waals surface area contributed by atoms with Crippen LogP contribution >= 0.6 is 0 Å². The molecule has 0 saturated heterocycles. The Balaban J connectivity index is 1.51. The number of carbonyl (C=O) groups excluding carboxylic acids is 1. The first-order valence-corrected chi connectivity index (χ1v) is 8.06. The predicted molar refractivity (Wildman–Crippen MR) is 92.8 cm³/mol. The Labute approximate surface area is 146 Å². The number of amides is 1. The van der Waals surface area contributed by atoms with Crippen LogP contribution in [0.3, 0.4) is 0 Å². The van der Waals surface area contributed by atoms with Crippen LogP contribution in [0.2, 0.25) is 0 Å². The SMILES string of the molecule is Cn1nnc2cccc(C(=O)NCCc3c[nH]c4cc(F)cc(F)c34)c21. The monoisotopic (exact) mass is 355 g/mol. The molecule has 2 aromatic carbocycles. The normalized spacial score (nSPS) is 11.3. The van der Waals surface area contributed by atoms with Gasteiger partial charge in [-0.1, -0.05) is 11.3 Å². The fraction of sp³-hybridized carbons (Fsp3) is 0.167. The van der Waals surface area contributed by atoms with E-state index in [9.17, 15) is 13.6 Å². The summed E-state index contributed by atoms with van der Waals surface area (Å²) in [5.74, 6) is -1.50. The molecule has 132 valence electrons. The summed E-state index contributed by atoms with van der Waals surface area (Å²) in [5.41, 5.74) is 2.84. The van der Waals surface area contributed by atoms with Crippen LogP contribution in [0, 0.1) is 11.6 Å². The average molecular weight is 355 g/mol. The van der Waals surface area contributed by atoms with Gasteiger partial charge in [0.05, 0.1) is 11.1 Å². The van der Waals surface area contributed by atoms with Crippen LogP contribution in [-0.4, -0.2) is 32.4 Å². The zero-order valence-corrected chi connectivity index (χ0v) is 13.9. The Morgan fingerprint density at radius 1 is 1.31 bits per heavy atom. The van der Waals surface area contributed by atoms with E-state index >= 15 is 0 Å². The third-order valence-electron chi connectivity index (χ3n) is 4.33. The molecule has 2 heterocycles. The second kappa shape index (κ2) is 6.21. The van der Waals surface area contributed by atoms with Crippen molar-refractivity contribution in [3.8, 4) is 0 Å². The predicted octanol–water partition coefficient (Wildman–Crippen LogP) is 2.70. The molecular formula is C18H15F2N5O. The minimum atomic E-state index is -0.630. The number of para-hydroxylation sites is 1. The molecule has 0 aliphatic rings. The summed E-state index contributed by atoms with van der Waals surface area (Å²) in [6.45, 7) is 0.310. The van der Waals surface area contributed by atoms with Gasteiger partial charge in [-0.15, -0.1) is 5.10 Å². The quantitative estimate of drug-likeness (QED) is 0.591. The van der Waals surface area contributed by atoms with Gasteiger partial charge in [-0.05, 0) is 30.2 Å². The topological polar surface area (TPSA) is 75.6 Å². The average Bonchev–Trinajstić information content (AvgIpc) is 3.19. The van der Waals surface area contributed by atoms with Crippen LogP contribution in [0.5, 0.6) is 0 Å². The fourth-order valence-corrected chi connectivity index (χ4v) is 3.15. The number of nitrogens with zero attached hydrogens (tertiary/aromatic N) is 3. The molecular weight excluding hydrogens is 340 g/mol. The van der Waals surface area contributed by atoms with Crippen molar-refractivity contribution in [2.45, 2.75) is 6.42 Å². The largest absolute Gasteiger partial charge is 0.361 e. The number of aromatic nitrogens is 4. The molecule has 0 bridgehead atoms. The van der Waals surface area contributed by atoms with Crippen molar-refractivity contribution in [2.75, 3.05) is 6.54 Å². The zero-order valence-electron chi connectivity index (χ0n) is 13.9. The van der Waals surface area contributed by atoms with Crippen LogP contribution in [-0.2, 0) is 13.5 Å². The molecule has 4 rings (SSSR count). The summed E-state index contributed by atoms with van der Waals surface area (Å²) in [5, 5.41) is 11.1. The minimum absolute atomic E-state index is 0.257. The van der Waals surface area contributed by atoms with Gasteiger partial charge >= 0.3 is 0 Å². The highest BCUT2D eigenvalue weighted by atomic mass is 19.1. The second-order valence-electron chi connectivity index (χ2n) is 6.02. The van der Waals surface area contributed by atoms with Crippen LogP contribution in [0.1, 0.15) is 15.9 Å². The Kier molecular flexibility index (Phi) is 3.87. The maximum Gasteiger partial charge on any atom is 0.253 e. The Bertz CT molecular complexity index is 1130. The Hall–Kier alpha value is -3.29. The molecule has 0 unspecified atom stereocenters. The van der Waals surface area contributed by atoms with Gasteiger partial charge in [-0.3, -0.25) is 4.79 Å². The molecule has 1 amide bonds. The standard InChI is InChI=1S/C18H15F2N5O/c1-25-17-12(3-2-4-14(17)23-24-25)18(26)21-6-5-10-9-22-15-8-11(19)7-13(20)16(10)15/h2-4,7-9,22H,5-6H2,1H3,(H,21,26). The van der Waals surface area contributed by atoms with Crippen molar-refractivity contribution in [1.29, 1.82) is 0 Å². The summed E-state index contributed by atoms with van der Waals surface area (Å²) in [4.78, 5) is 15.4. The van der Waals surface area contributed by atoms with E-state index in [0.717, 1.165) is 6.07 Å². The lowest BCUT2D eigenvalue weighted by Crippen LogP contribution is -2.26. The summed E-state index contributed by atoms with van der Waals surface area (Å²) in [6, 6.07) is 7.34.